The fourth-order valence-corrected chi connectivity index (χ4v) is 1.91. The molecule has 0 saturated carbocycles. The number of benzene rings is 1. The molecule has 1 aromatic carbocycles. The Morgan fingerprint density at radius 2 is 2.13 bits per heavy atom. The van der Waals surface area contributed by atoms with Crippen molar-refractivity contribution in [2.75, 3.05) is 0 Å². The molecule has 0 spiro atoms. The molecule has 1 aromatic heterocycles. The second-order valence-electron chi connectivity index (χ2n) is 3.04. The van der Waals surface area contributed by atoms with Crippen LogP contribution in [0.5, 0.6) is 0 Å². The second-order valence-corrected chi connectivity index (χ2v) is 3.90. The van der Waals surface area contributed by atoms with E-state index < -0.39 is 17.2 Å². The molecule has 0 fully saturated rings. The number of H-pyrrole nitrogens is 1. The molecule has 15 heavy (non-hydrogen) atoms. The van der Waals surface area contributed by atoms with Crippen molar-refractivity contribution in [1.29, 1.82) is 0 Å². The van der Waals surface area contributed by atoms with Gasteiger partial charge in [-0.05, 0) is 34.5 Å². The lowest BCUT2D eigenvalue weighted by atomic mass is 10.1. The highest BCUT2D eigenvalue weighted by molar-refractivity contribution is 9.10. The number of hydrogen-bond acceptors (Lipinski definition) is 3. The molecule has 4 nitrogen and oxygen atoms in total. The first kappa shape index (κ1) is 10.1. The van der Waals surface area contributed by atoms with Crippen molar-refractivity contribution in [3.63, 3.8) is 0 Å². The second kappa shape index (κ2) is 3.30. The van der Waals surface area contributed by atoms with Gasteiger partial charge in [0, 0.05) is 0 Å². The van der Waals surface area contributed by atoms with Gasteiger partial charge < -0.3 is 4.42 Å². The predicted octanol–water partition coefficient (Wildman–Crippen LogP) is 1.69. The molecule has 0 unspecified atom stereocenters. The first-order valence-electron chi connectivity index (χ1n) is 4.02. The Bertz CT molecular complexity index is 659. The normalized spacial score (nSPS) is 10.9. The van der Waals surface area contributed by atoms with E-state index >= 15 is 0 Å². The van der Waals surface area contributed by atoms with Crippen molar-refractivity contribution in [3.8, 4) is 0 Å². The van der Waals surface area contributed by atoms with Gasteiger partial charge in [-0.3, -0.25) is 4.98 Å². The number of halogens is 2. The van der Waals surface area contributed by atoms with Crippen molar-refractivity contribution in [3.05, 3.63) is 42.9 Å². The van der Waals surface area contributed by atoms with Gasteiger partial charge in [0.15, 0.2) is 5.82 Å². The van der Waals surface area contributed by atoms with E-state index in [0.29, 0.717) is 5.56 Å². The molecule has 0 radical (unpaired) electrons. The molecule has 0 atom stereocenters. The zero-order chi connectivity index (χ0) is 11.2. The molecule has 0 aliphatic carbocycles. The van der Waals surface area contributed by atoms with E-state index in [0.717, 1.165) is 0 Å². The number of nitrogens with one attached hydrogen (secondary N) is 1. The maximum Gasteiger partial charge on any atom is 0.419 e. The number of hydrogen-bond donors (Lipinski definition) is 1. The van der Waals surface area contributed by atoms with Gasteiger partial charge >= 0.3 is 11.4 Å². The lowest BCUT2D eigenvalue weighted by Gasteiger charge is -2.02. The third-order valence-electron chi connectivity index (χ3n) is 2.03. The Morgan fingerprint density at radius 3 is 2.80 bits per heavy atom. The summed E-state index contributed by atoms with van der Waals surface area (Å²) in [6.45, 7) is 1.65. The first-order valence-corrected chi connectivity index (χ1v) is 4.81. The summed E-state index contributed by atoms with van der Waals surface area (Å²) >= 11 is 2.97. The number of aromatic nitrogens is 1. The average molecular weight is 274 g/mol. The summed E-state index contributed by atoms with van der Waals surface area (Å²) < 4.78 is 18.0. The summed E-state index contributed by atoms with van der Waals surface area (Å²) in [5, 5.41) is -0.249. The third-order valence-corrected chi connectivity index (χ3v) is 2.61. The van der Waals surface area contributed by atoms with Crippen molar-refractivity contribution >= 4 is 26.8 Å². The summed E-state index contributed by atoms with van der Waals surface area (Å²) in [6.07, 6.45) is 0. The molecule has 0 amide bonds. The molecule has 0 bridgehead atoms. The number of fused-ring (bicyclic) bond motifs is 1. The van der Waals surface area contributed by atoms with Crippen LogP contribution in [0.1, 0.15) is 5.56 Å². The highest BCUT2D eigenvalue weighted by atomic mass is 79.9. The smallest absolute Gasteiger partial charge is 0.372 e. The molecule has 0 aliphatic heterocycles. The van der Waals surface area contributed by atoms with E-state index in [1.54, 1.807) is 6.92 Å². The lowest BCUT2D eigenvalue weighted by molar-refractivity contribution is 0.456. The monoisotopic (exact) mass is 273 g/mol. The predicted molar refractivity (Wildman–Crippen MR) is 55.5 cm³/mol. The van der Waals surface area contributed by atoms with Crippen LogP contribution in [0.25, 0.3) is 10.9 Å². The molecular weight excluding hydrogens is 269 g/mol. The summed E-state index contributed by atoms with van der Waals surface area (Å²) in [4.78, 5) is 24.5. The summed E-state index contributed by atoms with van der Waals surface area (Å²) in [6, 6.07) is 1.48. The SMILES string of the molecule is Cc1cc(Br)c(F)c2c(=O)oc(=O)[nH]c12. The average Bonchev–Trinajstić information content (AvgIpc) is 2.13. The molecule has 2 aromatic rings. The van der Waals surface area contributed by atoms with Crippen molar-refractivity contribution in [1.82, 2.24) is 4.98 Å². The molecule has 0 saturated heterocycles. The van der Waals surface area contributed by atoms with Gasteiger partial charge in [-0.1, -0.05) is 0 Å². The molecule has 1 heterocycles. The van der Waals surface area contributed by atoms with Crippen LogP contribution in [-0.4, -0.2) is 4.98 Å². The fraction of sp³-hybridized carbons (Fsp3) is 0.111. The summed E-state index contributed by atoms with van der Waals surface area (Å²) in [5.41, 5.74) is -0.226. The minimum atomic E-state index is -0.976. The topological polar surface area (TPSA) is 63.1 Å². The zero-order valence-electron chi connectivity index (χ0n) is 7.56. The quantitative estimate of drug-likeness (QED) is 0.795. The maximum absolute atomic E-state index is 13.5. The van der Waals surface area contributed by atoms with Crippen LogP contribution in [0.3, 0.4) is 0 Å². The number of aromatic amines is 1. The van der Waals surface area contributed by atoms with Gasteiger partial charge in [0.05, 0.1) is 9.99 Å². The van der Waals surface area contributed by atoms with Gasteiger partial charge in [-0.2, -0.15) is 0 Å². The van der Waals surface area contributed by atoms with E-state index in [2.05, 4.69) is 25.3 Å². The van der Waals surface area contributed by atoms with Crippen molar-refractivity contribution in [2.24, 2.45) is 0 Å². The van der Waals surface area contributed by atoms with Crippen LogP contribution >= 0.6 is 15.9 Å². The van der Waals surface area contributed by atoms with Gasteiger partial charge in [0.25, 0.3) is 0 Å². The molecule has 1 N–H and O–H groups in total. The minimum Gasteiger partial charge on any atom is -0.372 e. The van der Waals surface area contributed by atoms with Crippen LogP contribution < -0.4 is 11.4 Å². The van der Waals surface area contributed by atoms with E-state index in [1.807, 2.05) is 0 Å². The van der Waals surface area contributed by atoms with Gasteiger partial charge in [0.2, 0.25) is 0 Å². The lowest BCUT2D eigenvalue weighted by Crippen LogP contribution is -2.16. The standard InChI is InChI=1S/C9H5BrFNO3/c1-3-2-4(10)6(11)5-7(3)12-9(14)15-8(5)13/h2H,1H3,(H,12,14). The maximum atomic E-state index is 13.5. The van der Waals surface area contributed by atoms with Gasteiger partial charge in [-0.25, -0.2) is 14.0 Å². The molecule has 78 valence electrons. The van der Waals surface area contributed by atoms with Crippen LogP contribution in [0, 0.1) is 12.7 Å². The Hall–Kier alpha value is -1.43. The van der Waals surface area contributed by atoms with Gasteiger partial charge in [-0.15, -0.1) is 0 Å². The van der Waals surface area contributed by atoms with Gasteiger partial charge in [0.1, 0.15) is 5.39 Å². The van der Waals surface area contributed by atoms with E-state index in [-0.39, 0.29) is 15.4 Å². The zero-order valence-corrected chi connectivity index (χ0v) is 9.14. The third kappa shape index (κ3) is 1.50. The van der Waals surface area contributed by atoms with E-state index in [1.165, 1.54) is 6.07 Å². The highest BCUT2D eigenvalue weighted by Crippen LogP contribution is 2.23. The van der Waals surface area contributed by atoms with Crippen molar-refractivity contribution in [2.45, 2.75) is 6.92 Å². The molecule has 2 rings (SSSR count). The Kier molecular flexibility index (Phi) is 2.22. The first-order chi connectivity index (χ1) is 7.00. The molecule has 6 heteroatoms. The highest BCUT2D eigenvalue weighted by Gasteiger charge is 2.13. The Balaban J connectivity index is 3.17. The van der Waals surface area contributed by atoms with E-state index in [4.69, 9.17) is 0 Å². The van der Waals surface area contributed by atoms with E-state index in [9.17, 15) is 14.0 Å². The van der Waals surface area contributed by atoms with Crippen LogP contribution in [0.15, 0.2) is 24.5 Å². The fourth-order valence-electron chi connectivity index (χ4n) is 1.37. The van der Waals surface area contributed by atoms with Crippen LogP contribution in [0.2, 0.25) is 0 Å². The summed E-state index contributed by atoms with van der Waals surface area (Å²) in [5.74, 6) is -1.63. The summed E-state index contributed by atoms with van der Waals surface area (Å²) in [7, 11) is 0. The van der Waals surface area contributed by atoms with Crippen molar-refractivity contribution < 1.29 is 8.81 Å². The van der Waals surface area contributed by atoms with Crippen LogP contribution in [-0.2, 0) is 0 Å². The molecular formula is C9H5BrFNO3. The molecule has 0 aliphatic rings. The van der Waals surface area contributed by atoms with Crippen LogP contribution in [0.4, 0.5) is 4.39 Å². The largest absolute Gasteiger partial charge is 0.419 e. The minimum absolute atomic E-state index is 0.159. The Morgan fingerprint density at radius 1 is 1.47 bits per heavy atom. The number of aryl methyl sites for hydroxylation is 1. The Labute approximate surface area is 90.9 Å². The number of rotatable bonds is 0.